The second-order valence-corrected chi connectivity index (χ2v) is 3.47. The maximum Gasteiger partial charge on any atom is 0.155 e. The first-order valence-electron chi connectivity index (χ1n) is 4.80. The second kappa shape index (κ2) is 3.38. The SMILES string of the molecule is CCc1cc2ncc(C(C)N)cn2n1. The van der Waals surface area contributed by atoms with Crippen LogP contribution in [-0.4, -0.2) is 14.6 Å². The minimum absolute atomic E-state index is 0.00109. The molecule has 2 heterocycles. The lowest BCUT2D eigenvalue weighted by Crippen LogP contribution is -2.07. The lowest BCUT2D eigenvalue weighted by molar-refractivity contribution is 0.782. The van der Waals surface area contributed by atoms with Crippen molar-refractivity contribution in [1.29, 1.82) is 0 Å². The van der Waals surface area contributed by atoms with E-state index in [1.165, 1.54) is 0 Å². The van der Waals surface area contributed by atoms with Crippen LogP contribution in [0.1, 0.15) is 31.1 Å². The molecule has 0 saturated carbocycles. The van der Waals surface area contributed by atoms with Crippen molar-refractivity contribution in [3.8, 4) is 0 Å². The summed E-state index contributed by atoms with van der Waals surface area (Å²) in [6.07, 6.45) is 4.67. The number of nitrogens with two attached hydrogens (primary N) is 1. The van der Waals surface area contributed by atoms with Gasteiger partial charge in [0.1, 0.15) is 0 Å². The van der Waals surface area contributed by atoms with E-state index < -0.39 is 0 Å². The molecule has 0 aliphatic heterocycles. The maximum absolute atomic E-state index is 5.76. The molecular weight excluding hydrogens is 176 g/mol. The Morgan fingerprint density at radius 3 is 3.00 bits per heavy atom. The van der Waals surface area contributed by atoms with E-state index in [-0.39, 0.29) is 6.04 Å². The van der Waals surface area contributed by atoms with Crippen LogP contribution >= 0.6 is 0 Å². The molecule has 0 bridgehead atoms. The Morgan fingerprint density at radius 1 is 1.57 bits per heavy atom. The zero-order valence-electron chi connectivity index (χ0n) is 8.44. The highest BCUT2D eigenvalue weighted by molar-refractivity contribution is 5.39. The summed E-state index contributed by atoms with van der Waals surface area (Å²) in [5.74, 6) is 0. The van der Waals surface area contributed by atoms with Crippen LogP contribution in [-0.2, 0) is 6.42 Å². The van der Waals surface area contributed by atoms with Gasteiger partial charge in [-0.3, -0.25) is 0 Å². The molecule has 4 heteroatoms. The van der Waals surface area contributed by atoms with E-state index >= 15 is 0 Å². The number of fused-ring (bicyclic) bond motifs is 1. The van der Waals surface area contributed by atoms with Crippen molar-refractivity contribution >= 4 is 5.65 Å². The van der Waals surface area contributed by atoms with E-state index in [1.54, 1.807) is 10.7 Å². The molecule has 0 saturated heterocycles. The van der Waals surface area contributed by atoms with Crippen LogP contribution in [0, 0.1) is 0 Å². The quantitative estimate of drug-likeness (QED) is 0.776. The van der Waals surface area contributed by atoms with Gasteiger partial charge in [0.2, 0.25) is 0 Å². The number of aryl methyl sites for hydroxylation is 1. The summed E-state index contributed by atoms with van der Waals surface area (Å²) in [6, 6.07) is 1.99. The number of nitrogens with zero attached hydrogens (tertiary/aromatic N) is 3. The number of aromatic nitrogens is 3. The minimum Gasteiger partial charge on any atom is -0.324 e. The van der Waals surface area contributed by atoms with Crippen LogP contribution in [0.5, 0.6) is 0 Å². The third-order valence-electron chi connectivity index (χ3n) is 2.27. The fourth-order valence-corrected chi connectivity index (χ4v) is 1.35. The van der Waals surface area contributed by atoms with E-state index in [2.05, 4.69) is 17.0 Å². The predicted octanol–water partition coefficient (Wildman–Crippen LogP) is 1.31. The highest BCUT2D eigenvalue weighted by Gasteiger charge is 2.04. The van der Waals surface area contributed by atoms with Gasteiger partial charge in [0.25, 0.3) is 0 Å². The van der Waals surface area contributed by atoms with Crippen LogP contribution in [0.4, 0.5) is 0 Å². The molecule has 74 valence electrons. The summed E-state index contributed by atoms with van der Waals surface area (Å²) < 4.78 is 1.79. The lowest BCUT2D eigenvalue weighted by atomic mass is 10.2. The van der Waals surface area contributed by atoms with Gasteiger partial charge in [-0.05, 0) is 13.3 Å². The first-order chi connectivity index (χ1) is 6.70. The van der Waals surface area contributed by atoms with Crippen molar-refractivity contribution in [3.05, 3.63) is 29.7 Å². The molecule has 2 N–H and O–H groups in total. The Balaban J connectivity index is 2.54. The molecule has 1 unspecified atom stereocenters. The summed E-state index contributed by atoms with van der Waals surface area (Å²) in [4.78, 5) is 4.29. The van der Waals surface area contributed by atoms with Gasteiger partial charge in [-0.2, -0.15) is 5.10 Å². The van der Waals surface area contributed by atoms with Crippen LogP contribution in [0.25, 0.3) is 5.65 Å². The van der Waals surface area contributed by atoms with Gasteiger partial charge in [-0.1, -0.05) is 6.92 Å². The summed E-state index contributed by atoms with van der Waals surface area (Å²) >= 11 is 0. The van der Waals surface area contributed by atoms with Crippen molar-refractivity contribution in [2.45, 2.75) is 26.3 Å². The summed E-state index contributed by atoms with van der Waals surface area (Å²) in [6.45, 7) is 4.02. The topological polar surface area (TPSA) is 56.2 Å². The van der Waals surface area contributed by atoms with Gasteiger partial charge >= 0.3 is 0 Å². The molecule has 2 aromatic rings. The molecule has 2 rings (SSSR count). The van der Waals surface area contributed by atoms with Crippen molar-refractivity contribution < 1.29 is 0 Å². The molecule has 4 nitrogen and oxygen atoms in total. The van der Waals surface area contributed by atoms with Crippen molar-refractivity contribution in [3.63, 3.8) is 0 Å². The molecule has 0 radical (unpaired) electrons. The molecule has 14 heavy (non-hydrogen) atoms. The minimum atomic E-state index is 0.00109. The Bertz CT molecular complexity index is 444. The summed E-state index contributed by atoms with van der Waals surface area (Å²) in [5, 5.41) is 4.37. The molecule has 0 spiro atoms. The van der Waals surface area contributed by atoms with Crippen LogP contribution in [0.2, 0.25) is 0 Å². The summed E-state index contributed by atoms with van der Waals surface area (Å²) in [7, 11) is 0. The van der Waals surface area contributed by atoms with Gasteiger partial charge in [0.15, 0.2) is 5.65 Å². The molecule has 2 aromatic heterocycles. The Labute approximate surface area is 82.8 Å². The molecular formula is C10H14N4. The number of rotatable bonds is 2. The van der Waals surface area contributed by atoms with Gasteiger partial charge < -0.3 is 5.73 Å². The third-order valence-corrected chi connectivity index (χ3v) is 2.27. The van der Waals surface area contributed by atoms with Crippen molar-refractivity contribution in [1.82, 2.24) is 14.6 Å². The van der Waals surface area contributed by atoms with Gasteiger partial charge in [-0.25, -0.2) is 9.50 Å². The monoisotopic (exact) mass is 190 g/mol. The smallest absolute Gasteiger partial charge is 0.155 e. The first kappa shape index (κ1) is 9.15. The van der Waals surface area contributed by atoms with Crippen molar-refractivity contribution in [2.24, 2.45) is 5.73 Å². The van der Waals surface area contributed by atoms with Gasteiger partial charge in [0.05, 0.1) is 5.69 Å². The third kappa shape index (κ3) is 1.48. The van der Waals surface area contributed by atoms with Crippen LogP contribution in [0.3, 0.4) is 0 Å². The lowest BCUT2D eigenvalue weighted by Gasteiger charge is -2.03. The molecule has 1 atom stereocenters. The van der Waals surface area contributed by atoms with Crippen LogP contribution in [0.15, 0.2) is 18.5 Å². The van der Waals surface area contributed by atoms with Crippen molar-refractivity contribution in [2.75, 3.05) is 0 Å². The molecule has 0 aromatic carbocycles. The fraction of sp³-hybridized carbons (Fsp3) is 0.400. The van der Waals surface area contributed by atoms with E-state index in [1.807, 2.05) is 19.2 Å². The Hall–Kier alpha value is -1.42. The number of hydrogen-bond donors (Lipinski definition) is 1. The predicted molar refractivity (Wildman–Crippen MR) is 55.0 cm³/mol. The normalized spacial score (nSPS) is 13.4. The molecule has 0 aliphatic rings. The summed E-state index contributed by atoms with van der Waals surface area (Å²) in [5.41, 5.74) is 8.70. The molecule has 0 fully saturated rings. The van der Waals surface area contributed by atoms with E-state index in [0.29, 0.717) is 0 Å². The zero-order valence-corrected chi connectivity index (χ0v) is 8.44. The second-order valence-electron chi connectivity index (χ2n) is 3.47. The Kier molecular flexibility index (Phi) is 2.21. The number of hydrogen-bond acceptors (Lipinski definition) is 3. The molecule has 0 aliphatic carbocycles. The fourth-order valence-electron chi connectivity index (χ4n) is 1.35. The standard InChI is InChI=1S/C10H14N4/c1-3-9-4-10-12-5-8(7(2)11)6-14(10)13-9/h4-7H,3,11H2,1-2H3. The average molecular weight is 190 g/mol. The van der Waals surface area contributed by atoms with E-state index in [4.69, 9.17) is 5.73 Å². The highest BCUT2D eigenvalue weighted by atomic mass is 15.2. The molecule has 0 amide bonds. The Morgan fingerprint density at radius 2 is 2.36 bits per heavy atom. The largest absolute Gasteiger partial charge is 0.324 e. The van der Waals surface area contributed by atoms with E-state index in [9.17, 15) is 0 Å². The van der Waals surface area contributed by atoms with Gasteiger partial charge in [-0.15, -0.1) is 0 Å². The average Bonchev–Trinajstić information content (AvgIpc) is 2.58. The van der Waals surface area contributed by atoms with E-state index in [0.717, 1.165) is 23.3 Å². The first-order valence-corrected chi connectivity index (χ1v) is 4.80. The zero-order chi connectivity index (χ0) is 10.1. The van der Waals surface area contributed by atoms with Gasteiger partial charge in [0, 0.05) is 30.1 Å². The maximum atomic E-state index is 5.76. The van der Waals surface area contributed by atoms with Crippen LogP contribution < -0.4 is 5.73 Å². The highest BCUT2D eigenvalue weighted by Crippen LogP contribution is 2.10.